The molecule has 0 aromatic heterocycles. The quantitative estimate of drug-likeness (QED) is 0.202. The number of hydrogen-bond donors (Lipinski definition) is 0. The second-order valence-electron chi connectivity index (χ2n) is 9.58. The normalized spacial score (nSPS) is 13.0. The van der Waals surface area contributed by atoms with Crippen molar-refractivity contribution in [2.75, 3.05) is 0 Å². The molecule has 0 heterocycles. The van der Waals surface area contributed by atoms with Crippen LogP contribution in [0.4, 0.5) is 0 Å². The van der Waals surface area contributed by atoms with Crippen molar-refractivity contribution >= 4 is 5.57 Å². The summed E-state index contributed by atoms with van der Waals surface area (Å²) in [6, 6.07) is 37.2. The van der Waals surface area contributed by atoms with Gasteiger partial charge in [0, 0.05) is 11.8 Å². The minimum absolute atomic E-state index is 0.0987. The van der Waals surface area contributed by atoms with Crippen molar-refractivity contribution in [2.24, 2.45) is 0 Å². The fourth-order valence-corrected chi connectivity index (χ4v) is 5.28. The lowest BCUT2D eigenvalue weighted by atomic mass is 9.82. The fraction of sp³-hybridized carbons (Fsp3) is 0.222. The van der Waals surface area contributed by atoms with E-state index in [9.17, 15) is 0 Å². The molecule has 0 heteroatoms. The summed E-state index contributed by atoms with van der Waals surface area (Å²) in [5.41, 5.74) is 10.6. The van der Waals surface area contributed by atoms with E-state index in [4.69, 9.17) is 0 Å². The number of hydrogen-bond acceptors (Lipinski definition) is 0. The smallest absolute Gasteiger partial charge is 0.0272 e. The maximum atomic E-state index is 4.66. The van der Waals surface area contributed by atoms with Gasteiger partial charge < -0.3 is 0 Å². The maximum absolute atomic E-state index is 4.66. The van der Waals surface area contributed by atoms with Crippen LogP contribution in [0.3, 0.4) is 0 Å². The van der Waals surface area contributed by atoms with E-state index in [1.807, 2.05) is 0 Å². The van der Waals surface area contributed by atoms with Gasteiger partial charge in [-0.05, 0) is 64.3 Å². The van der Waals surface area contributed by atoms with Gasteiger partial charge in [-0.3, -0.25) is 0 Å². The van der Waals surface area contributed by atoms with Gasteiger partial charge in [-0.2, -0.15) is 0 Å². The third-order valence-electron chi connectivity index (χ3n) is 7.27. The largest absolute Gasteiger partial charge is 0.0943 e. The van der Waals surface area contributed by atoms with Gasteiger partial charge in [0.2, 0.25) is 0 Å². The third kappa shape index (κ3) is 5.77. The molecule has 2 unspecified atom stereocenters. The molecule has 0 bridgehead atoms. The van der Waals surface area contributed by atoms with Gasteiger partial charge in [-0.25, -0.2) is 0 Å². The number of benzene rings is 4. The minimum atomic E-state index is 0.0987. The van der Waals surface area contributed by atoms with Crippen molar-refractivity contribution in [3.05, 3.63) is 161 Å². The number of allylic oxidation sites excluding steroid dienone is 3. The molecule has 4 aromatic rings. The first-order valence-electron chi connectivity index (χ1n) is 13.3. The summed E-state index contributed by atoms with van der Waals surface area (Å²) >= 11 is 0. The van der Waals surface area contributed by atoms with Crippen LogP contribution in [0.1, 0.15) is 71.0 Å². The summed E-state index contributed by atoms with van der Waals surface area (Å²) in [6.07, 6.45) is 8.05. The van der Waals surface area contributed by atoms with E-state index in [-0.39, 0.29) is 11.8 Å². The summed E-state index contributed by atoms with van der Waals surface area (Å²) in [5.74, 6) is 0.289. The van der Waals surface area contributed by atoms with Gasteiger partial charge >= 0.3 is 0 Å². The Morgan fingerprint density at radius 2 is 1.31 bits per heavy atom. The van der Waals surface area contributed by atoms with Gasteiger partial charge in [0.1, 0.15) is 0 Å². The van der Waals surface area contributed by atoms with Crippen LogP contribution in [0.5, 0.6) is 0 Å². The van der Waals surface area contributed by atoms with Crippen LogP contribution >= 0.6 is 0 Å². The van der Waals surface area contributed by atoms with Crippen LogP contribution in [0.15, 0.2) is 122 Å². The van der Waals surface area contributed by atoms with Gasteiger partial charge in [0.25, 0.3) is 0 Å². The lowest BCUT2D eigenvalue weighted by Crippen LogP contribution is -2.05. The third-order valence-corrected chi connectivity index (χ3v) is 7.27. The Morgan fingerprint density at radius 3 is 1.97 bits per heavy atom. The predicted molar refractivity (Wildman–Crippen MR) is 157 cm³/mol. The Balaban J connectivity index is 1.81. The topological polar surface area (TPSA) is 0 Å². The molecule has 0 radical (unpaired) electrons. The molecule has 0 saturated carbocycles. The first-order valence-corrected chi connectivity index (χ1v) is 13.3. The van der Waals surface area contributed by atoms with E-state index in [2.05, 4.69) is 143 Å². The molecule has 0 saturated heterocycles. The summed E-state index contributed by atoms with van der Waals surface area (Å²) in [5, 5.41) is 0. The number of rotatable bonds is 10. The zero-order valence-corrected chi connectivity index (χ0v) is 22.0. The van der Waals surface area contributed by atoms with Crippen molar-refractivity contribution in [1.29, 1.82) is 0 Å². The zero-order valence-electron chi connectivity index (χ0n) is 22.0. The van der Waals surface area contributed by atoms with Crippen molar-refractivity contribution in [3.63, 3.8) is 0 Å². The molecule has 182 valence electrons. The second kappa shape index (κ2) is 12.4. The van der Waals surface area contributed by atoms with Crippen LogP contribution < -0.4 is 0 Å². The molecule has 0 spiro atoms. The van der Waals surface area contributed by atoms with Crippen molar-refractivity contribution in [2.45, 2.75) is 51.9 Å². The van der Waals surface area contributed by atoms with Gasteiger partial charge in [0.15, 0.2) is 0 Å². The summed E-state index contributed by atoms with van der Waals surface area (Å²) in [4.78, 5) is 0. The Labute approximate surface area is 218 Å². The SMILES string of the molecule is C=C(c1cccc(CC)c1C)C(C=CC(c1ccccc1)c1ccccc1CCC)c1ccccc1. The molecule has 0 aliphatic carbocycles. The molecule has 36 heavy (non-hydrogen) atoms. The monoisotopic (exact) mass is 470 g/mol. The van der Waals surface area contributed by atoms with Crippen molar-refractivity contribution < 1.29 is 0 Å². The highest BCUT2D eigenvalue weighted by Crippen LogP contribution is 2.37. The summed E-state index contributed by atoms with van der Waals surface area (Å²) in [7, 11) is 0. The first-order chi connectivity index (χ1) is 17.6. The Kier molecular flexibility index (Phi) is 8.74. The average molecular weight is 471 g/mol. The lowest BCUT2D eigenvalue weighted by Gasteiger charge is -2.22. The molecule has 0 N–H and O–H groups in total. The molecule has 0 fully saturated rings. The van der Waals surface area contributed by atoms with Crippen LogP contribution in [-0.4, -0.2) is 0 Å². The van der Waals surface area contributed by atoms with Gasteiger partial charge in [0.05, 0.1) is 0 Å². The predicted octanol–water partition coefficient (Wildman–Crippen LogP) is 9.70. The van der Waals surface area contributed by atoms with Crippen LogP contribution in [0.25, 0.3) is 5.57 Å². The Morgan fingerprint density at radius 1 is 0.694 bits per heavy atom. The van der Waals surface area contributed by atoms with E-state index in [0.717, 1.165) is 24.8 Å². The van der Waals surface area contributed by atoms with Crippen LogP contribution in [0.2, 0.25) is 0 Å². The van der Waals surface area contributed by atoms with Crippen LogP contribution in [0, 0.1) is 6.92 Å². The van der Waals surface area contributed by atoms with E-state index in [1.54, 1.807) is 0 Å². The Bertz CT molecular complexity index is 1290. The molecule has 4 aromatic carbocycles. The molecule has 0 amide bonds. The Hall–Kier alpha value is -3.64. The van der Waals surface area contributed by atoms with E-state index in [0.29, 0.717) is 0 Å². The first kappa shape index (κ1) is 25.5. The maximum Gasteiger partial charge on any atom is 0.0272 e. The highest BCUT2D eigenvalue weighted by atomic mass is 14.2. The fourth-order valence-electron chi connectivity index (χ4n) is 5.28. The second-order valence-corrected chi connectivity index (χ2v) is 9.58. The van der Waals surface area contributed by atoms with E-state index < -0.39 is 0 Å². The van der Waals surface area contributed by atoms with Crippen molar-refractivity contribution in [1.82, 2.24) is 0 Å². The van der Waals surface area contributed by atoms with Crippen LogP contribution in [-0.2, 0) is 12.8 Å². The summed E-state index contributed by atoms with van der Waals surface area (Å²) < 4.78 is 0. The molecular weight excluding hydrogens is 432 g/mol. The standard InChI is InChI=1S/C36H38/c1-5-16-30-21-13-14-23-35(30)36(32-19-11-8-12-20-32)26-25-34(31-17-9-7-10-18-31)28(4)33-24-15-22-29(6-2)27(33)3/h7-15,17-26,34,36H,4-6,16H2,1-3H3. The van der Waals surface area contributed by atoms with E-state index in [1.165, 1.54) is 38.9 Å². The summed E-state index contributed by atoms with van der Waals surface area (Å²) in [6.45, 7) is 11.4. The number of aryl methyl sites for hydroxylation is 2. The molecule has 0 aliphatic heterocycles. The molecule has 2 atom stereocenters. The average Bonchev–Trinajstić information content (AvgIpc) is 2.93. The minimum Gasteiger partial charge on any atom is -0.0943 e. The zero-order chi connectivity index (χ0) is 25.3. The highest BCUT2D eigenvalue weighted by Gasteiger charge is 2.19. The lowest BCUT2D eigenvalue weighted by molar-refractivity contribution is 0.882. The molecule has 4 rings (SSSR count). The van der Waals surface area contributed by atoms with Gasteiger partial charge in [-0.1, -0.05) is 142 Å². The van der Waals surface area contributed by atoms with Crippen molar-refractivity contribution in [3.8, 4) is 0 Å². The highest BCUT2D eigenvalue weighted by molar-refractivity contribution is 5.74. The molecule has 0 nitrogen and oxygen atoms in total. The molecular formula is C36H38. The van der Waals surface area contributed by atoms with E-state index >= 15 is 0 Å². The van der Waals surface area contributed by atoms with Gasteiger partial charge in [-0.15, -0.1) is 0 Å². The molecule has 0 aliphatic rings.